The predicted octanol–water partition coefficient (Wildman–Crippen LogP) is 2.37. The van der Waals surface area contributed by atoms with Crippen molar-refractivity contribution in [3.8, 4) is 0 Å². The van der Waals surface area contributed by atoms with E-state index in [0.717, 1.165) is 27.4 Å². The van der Waals surface area contributed by atoms with Crippen LogP contribution in [0, 0.1) is 11.8 Å². The van der Waals surface area contributed by atoms with Crippen molar-refractivity contribution in [2.45, 2.75) is 13.3 Å². The summed E-state index contributed by atoms with van der Waals surface area (Å²) in [5, 5.41) is 12.0. The minimum Gasteiger partial charge on any atom is -0.360 e. The zero-order valence-corrected chi connectivity index (χ0v) is 9.15. The predicted molar refractivity (Wildman–Crippen MR) is 53.4 cm³/mol. The maximum absolute atomic E-state index is 3.95. The van der Waals surface area contributed by atoms with Crippen molar-refractivity contribution >= 4 is 32.4 Å². The van der Waals surface area contributed by atoms with Gasteiger partial charge in [-0.25, -0.2) is 0 Å². The fourth-order valence-corrected chi connectivity index (χ4v) is 2.20. The summed E-state index contributed by atoms with van der Waals surface area (Å²) in [6.45, 7) is 3.32. The lowest BCUT2D eigenvalue weighted by molar-refractivity contribution is 0.785. The third kappa shape index (κ3) is 1.95. The SMILES string of the molecule is CC1CC1CNc1nnc(Br)s1. The molecule has 1 aromatic rings. The van der Waals surface area contributed by atoms with E-state index in [4.69, 9.17) is 0 Å². The van der Waals surface area contributed by atoms with Gasteiger partial charge in [0.15, 0.2) is 3.92 Å². The Balaban J connectivity index is 1.80. The van der Waals surface area contributed by atoms with E-state index in [1.807, 2.05) is 0 Å². The van der Waals surface area contributed by atoms with Crippen molar-refractivity contribution in [1.82, 2.24) is 10.2 Å². The Kier molecular flexibility index (Phi) is 2.32. The molecule has 0 aliphatic heterocycles. The smallest absolute Gasteiger partial charge is 0.206 e. The average molecular weight is 248 g/mol. The third-order valence-corrected chi connectivity index (χ3v) is 3.51. The zero-order valence-electron chi connectivity index (χ0n) is 6.75. The quantitative estimate of drug-likeness (QED) is 0.892. The summed E-state index contributed by atoms with van der Waals surface area (Å²) >= 11 is 4.81. The first-order valence-corrected chi connectivity index (χ1v) is 5.59. The van der Waals surface area contributed by atoms with E-state index < -0.39 is 0 Å². The Morgan fingerprint density at radius 2 is 2.42 bits per heavy atom. The van der Waals surface area contributed by atoms with Crippen LogP contribution in [0.25, 0.3) is 0 Å². The van der Waals surface area contributed by atoms with Gasteiger partial charge in [-0.3, -0.25) is 0 Å². The van der Waals surface area contributed by atoms with E-state index in [1.54, 1.807) is 11.3 Å². The number of anilines is 1. The minimum atomic E-state index is 0.842. The molecular formula is C7H10BrN3S. The Morgan fingerprint density at radius 1 is 1.67 bits per heavy atom. The Bertz CT molecular complexity index is 275. The molecule has 5 heteroatoms. The number of hydrogen-bond acceptors (Lipinski definition) is 4. The summed E-state index contributed by atoms with van der Waals surface area (Å²) in [5.74, 6) is 1.75. The first-order chi connectivity index (χ1) is 5.75. The van der Waals surface area contributed by atoms with Crippen molar-refractivity contribution in [2.24, 2.45) is 11.8 Å². The summed E-state index contributed by atoms with van der Waals surface area (Å²) < 4.78 is 0.842. The van der Waals surface area contributed by atoms with Crippen LogP contribution in [-0.4, -0.2) is 16.7 Å². The normalized spacial score (nSPS) is 27.2. The summed E-state index contributed by atoms with van der Waals surface area (Å²) in [6, 6.07) is 0. The summed E-state index contributed by atoms with van der Waals surface area (Å²) in [7, 11) is 0. The number of rotatable bonds is 3. The molecule has 1 aliphatic rings. The van der Waals surface area contributed by atoms with Crippen LogP contribution < -0.4 is 5.32 Å². The van der Waals surface area contributed by atoms with Crippen LogP contribution in [0.1, 0.15) is 13.3 Å². The number of aromatic nitrogens is 2. The Hall–Kier alpha value is -0.160. The molecular weight excluding hydrogens is 238 g/mol. The molecule has 0 aromatic carbocycles. The van der Waals surface area contributed by atoms with Gasteiger partial charge in [-0.1, -0.05) is 18.3 Å². The van der Waals surface area contributed by atoms with Gasteiger partial charge in [0.2, 0.25) is 5.13 Å². The van der Waals surface area contributed by atoms with Crippen molar-refractivity contribution in [3.05, 3.63) is 3.92 Å². The number of hydrogen-bond donors (Lipinski definition) is 1. The van der Waals surface area contributed by atoms with Crippen LogP contribution in [0.4, 0.5) is 5.13 Å². The van der Waals surface area contributed by atoms with E-state index in [0.29, 0.717) is 0 Å². The number of halogens is 1. The summed E-state index contributed by atoms with van der Waals surface area (Å²) in [5.41, 5.74) is 0. The first-order valence-electron chi connectivity index (χ1n) is 3.98. The molecule has 0 radical (unpaired) electrons. The second-order valence-corrected chi connectivity index (χ2v) is 5.47. The highest BCUT2D eigenvalue weighted by Crippen LogP contribution is 2.37. The molecule has 1 aromatic heterocycles. The topological polar surface area (TPSA) is 37.8 Å². The molecule has 66 valence electrons. The maximum atomic E-state index is 3.95. The van der Waals surface area contributed by atoms with Crippen molar-refractivity contribution in [3.63, 3.8) is 0 Å². The Morgan fingerprint density at radius 3 is 2.92 bits per heavy atom. The van der Waals surface area contributed by atoms with Gasteiger partial charge in [0, 0.05) is 6.54 Å². The monoisotopic (exact) mass is 247 g/mol. The second-order valence-electron chi connectivity index (χ2n) is 3.21. The highest BCUT2D eigenvalue weighted by Gasteiger charge is 2.32. The molecule has 0 spiro atoms. The largest absolute Gasteiger partial charge is 0.360 e. The summed E-state index contributed by atoms with van der Waals surface area (Å²) in [4.78, 5) is 0. The lowest BCUT2D eigenvalue weighted by Gasteiger charge is -1.97. The molecule has 1 heterocycles. The van der Waals surface area contributed by atoms with Crippen molar-refractivity contribution in [2.75, 3.05) is 11.9 Å². The van der Waals surface area contributed by atoms with Gasteiger partial charge in [-0.2, -0.15) is 0 Å². The van der Waals surface area contributed by atoms with Crippen LogP contribution >= 0.6 is 27.3 Å². The molecule has 2 atom stereocenters. The summed E-state index contributed by atoms with van der Waals surface area (Å²) in [6.07, 6.45) is 1.35. The van der Waals surface area contributed by atoms with E-state index in [-0.39, 0.29) is 0 Å². The van der Waals surface area contributed by atoms with E-state index >= 15 is 0 Å². The van der Waals surface area contributed by atoms with Gasteiger partial charge in [-0.05, 0) is 34.2 Å². The van der Waals surface area contributed by atoms with Gasteiger partial charge in [-0.15, -0.1) is 10.2 Å². The fourth-order valence-electron chi connectivity index (χ4n) is 1.18. The minimum absolute atomic E-state index is 0.842. The molecule has 0 saturated heterocycles. The highest BCUT2D eigenvalue weighted by atomic mass is 79.9. The second kappa shape index (κ2) is 3.30. The standard InChI is InChI=1S/C7H10BrN3S/c1-4-2-5(4)3-9-7-11-10-6(8)12-7/h4-5H,2-3H2,1H3,(H,9,11). The van der Waals surface area contributed by atoms with Gasteiger partial charge in [0.25, 0.3) is 0 Å². The zero-order chi connectivity index (χ0) is 8.55. The highest BCUT2D eigenvalue weighted by molar-refractivity contribution is 9.11. The molecule has 0 bridgehead atoms. The van der Waals surface area contributed by atoms with Crippen LogP contribution in [0.3, 0.4) is 0 Å². The van der Waals surface area contributed by atoms with E-state index in [1.165, 1.54) is 6.42 Å². The third-order valence-electron chi connectivity index (χ3n) is 2.19. The number of nitrogens with one attached hydrogen (secondary N) is 1. The molecule has 2 rings (SSSR count). The van der Waals surface area contributed by atoms with Crippen LogP contribution in [0.2, 0.25) is 0 Å². The molecule has 0 amide bonds. The fraction of sp³-hybridized carbons (Fsp3) is 0.714. The van der Waals surface area contributed by atoms with Crippen LogP contribution in [0.5, 0.6) is 0 Å². The molecule has 1 fully saturated rings. The van der Waals surface area contributed by atoms with Crippen molar-refractivity contribution < 1.29 is 0 Å². The molecule has 1 aliphatic carbocycles. The molecule has 3 nitrogen and oxygen atoms in total. The van der Waals surface area contributed by atoms with Gasteiger partial charge >= 0.3 is 0 Å². The maximum Gasteiger partial charge on any atom is 0.206 e. The average Bonchev–Trinajstić information content (AvgIpc) is 2.56. The Labute approximate surface area is 83.7 Å². The first kappa shape index (κ1) is 8.44. The lowest BCUT2D eigenvalue weighted by Crippen LogP contribution is -2.03. The van der Waals surface area contributed by atoms with Crippen molar-refractivity contribution in [1.29, 1.82) is 0 Å². The number of nitrogens with zero attached hydrogens (tertiary/aromatic N) is 2. The van der Waals surface area contributed by atoms with Crippen LogP contribution in [-0.2, 0) is 0 Å². The van der Waals surface area contributed by atoms with Crippen LogP contribution in [0.15, 0.2) is 3.92 Å². The van der Waals surface area contributed by atoms with Gasteiger partial charge in [0.05, 0.1) is 0 Å². The van der Waals surface area contributed by atoms with Gasteiger partial charge < -0.3 is 5.32 Å². The van der Waals surface area contributed by atoms with E-state index in [9.17, 15) is 0 Å². The van der Waals surface area contributed by atoms with Gasteiger partial charge in [0.1, 0.15) is 0 Å². The molecule has 2 unspecified atom stereocenters. The molecule has 12 heavy (non-hydrogen) atoms. The van der Waals surface area contributed by atoms with E-state index in [2.05, 4.69) is 38.4 Å². The molecule has 1 N–H and O–H groups in total. The lowest BCUT2D eigenvalue weighted by atomic mass is 10.3. The molecule has 1 saturated carbocycles.